The summed E-state index contributed by atoms with van der Waals surface area (Å²) >= 11 is 13.2. The van der Waals surface area contributed by atoms with Crippen LogP contribution in [0, 0.1) is 10.8 Å². The molecule has 2 atom stereocenters. The molecule has 5 heteroatoms. The predicted molar refractivity (Wildman–Crippen MR) is 84.6 cm³/mol. The van der Waals surface area contributed by atoms with Crippen molar-refractivity contribution in [2.24, 2.45) is 10.8 Å². The van der Waals surface area contributed by atoms with Crippen LogP contribution in [0.5, 0.6) is 0 Å². The Balaban J connectivity index is 4.59. The SMILES string of the molecule is CC(C)(C)C[Si](C)(Cl)O[Si](C)(Cl)CC(C)(C)C. The molecule has 0 spiro atoms. The first-order chi connectivity index (χ1) is 7.12. The second kappa shape index (κ2) is 5.53. The Bertz CT molecular complexity index is 226. The molecule has 0 fully saturated rings. The average Bonchev–Trinajstić information content (AvgIpc) is 1.65. The minimum atomic E-state index is -2.17. The minimum Gasteiger partial charge on any atom is -0.433 e. The fraction of sp³-hybridized carbons (Fsp3) is 1.00. The molecular formula is C12H28Cl2OSi2. The van der Waals surface area contributed by atoms with Crippen molar-refractivity contribution < 1.29 is 4.12 Å². The van der Waals surface area contributed by atoms with Crippen molar-refractivity contribution in [2.45, 2.75) is 66.7 Å². The fourth-order valence-corrected chi connectivity index (χ4v) is 16.2. The maximum Gasteiger partial charge on any atom is 0.278 e. The molecule has 104 valence electrons. The first kappa shape index (κ1) is 18.0. The highest BCUT2D eigenvalue weighted by Gasteiger charge is 2.42. The first-order valence-electron chi connectivity index (χ1n) is 6.20. The van der Waals surface area contributed by atoms with Gasteiger partial charge in [0.1, 0.15) is 0 Å². The lowest BCUT2D eigenvalue weighted by molar-refractivity contribution is 0.415. The summed E-state index contributed by atoms with van der Waals surface area (Å²) in [4.78, 5) is 0. The Morgan fingerprint density at radius 1 is 0.765 bits per heavy atom. The zero-order valence-electron chi connectivity index (χ0n) is 12.6. The van der Waals surface area contributed by atoms with Gasteiger partial charge in [-0.25, -0.2) is 0 Å². The Morgan fingerprint density at radius 3 is 1.18 bits per heavy atom. The average molecular weight is 315 g/mol. The fourth-order valence-electron chi connectivity index (χ4n) is 2.41. The first-order valence-corrected chi connectivity index (χ1v) is 13.5. The molecule has 0 bridgehead atoms. The van der Waals surface area contributed by atoms with Crippen LogP contribution in [-0.2, 0) is 4.12 Å². The standard InChI is InChI=1S/C12H28Cl2OSi2/c1-11(2,3)9-16(7,13)15-17(8,14)10-12(4,5)6/h9-10H2,1-8H3. The van der Waals surface area contributed by atoms with Gasteiger partial charge in [0, 0.05) is 0 Å². The van der Waals surface area contributed by atoms with E-state index in [1.165, 1.54) is 0 Å². The van der Waals surface area contributed by atoms with Gasteiger partial charge in [0.25, 0.3) is 15.3 Å². The van der Waals surface area contributed by atoms with E-state index in [4.69, 9.17) is 26.3 Å². The highest BCUT2D eigenvalue weighted by atomic mass is 35.6. The van der Waals surface area contributed by atoms with Crippen LogP contribution in [0.3, 0.4) is 0 Å². The quantitative estimate of drug-likeness (QED) is 0.476. The normalized spacial score (nSPS) is 20.8. The van der Waals surface area contributed by atoms with Gasteiger partial charge >= 0.3 is 0 Å². The van der Waals surface area contributed by atoms with E-state index in [1.54, 1.807) is 0 Å². The molecule has 0 aromatic rings. The van der Waals surface area contributed by atoms with Crippen LogP contribution in [0.25, 0.3) is 0 Å². The number of halogens is 2. The van der Waals surface area contributed by atoms with Crippen LogP contribution in [0.15, 0.2) is 0 Å². The summed E-state index contributed by atoms with van der Waals surface area (Å²) in [5, 5.41) is 0. The smallest absolute Gasteiger partial charge is 0.278 e. The van der Waals surface area contributed by atoms with Gasteiger partial charge in [0.2, 0.25) is 0 Å². The van der Waals surface area contributed by atoms with Crippen molar-refractivity contribution in [2.75, 3.05) is 0 Å². The van der Waals surface area contributed by atoms with E-state index in [0.717, 1.165) is 12.1 Å². The van der Waals surface area contributed by atoms with E-state index in [1.807, 2.05) is 0 Å². The van der Waals surface area contributed by atoms with Gasteiger partial charge in [-0.1, -0.05) is 41.5 Å². The number of rotatable bonds is 4. The second-order valence-electron chi connectivity index (χ2n) is 7.78. The Hall–Kier alpha value is 0.974. The predicted octanol–water partition coefficient (Wildman–Crippen LogP) is 5.72. The van der Waals surface area contributed by atoms with Gasteiger partial charge in [-0.05, 0) is 36.0 Å². The van der Waals surface area contributed by atoms with Crippen LogP contribution < -0.4 is 0 Å². The summed E-state index contributed by atoms with van der Waals surface area (Å²) in [6.07, 6.45) is 0. The Kier molecular flexibility index (Phi) is 5.85. The van der Waals surface area contributed by atoms with Crippen LogP contribution in [0.4, 0.5) is 0 Å². The summed E-state index contributed by atoms with van der Waals surface area (Å²) in [6, 6.07) is 1.86. The van der Waals surface area contributed by atoms with Crippen molar-refractivity contribution in [3.8, 4) is 0 Å². The van der Waals surface area contributed by atoms with Gasteiger partial charge < -0.3 is 4.12 Å². The molecule has 0 aromatic heterocycles. The second-order valence-corrected chi connectivity index (χ2v) is 18.5. The molecule has 2 unspecified atom stereocenters. The Morgan fingerprint density at radius 2 is 1.00 bits per heavy atom. The van der Waals surface area contributed by atoms with E-state index < -0.39 is 15.3 Å². The van der Waals surface area contributed by atoms with Gasteiger partial charge in [-0.15, -0.1) is 22.2 Å². The minimum absolute atomic E-state index is 0.200. The molecule has 0 radical (unpaired) electrons. The zero-order chi connectivity index (χ0) is 14.1. The molecule has 0 N–H and O–H groups in total. The molecule has 0 aromatic carbocycles. The van der Waals surface area contributed by atoms with E-state index in [9.17, 15) is 0 Å². The zero-order valence-corrected chi connectivity index (χ0v) is 16.1. The molecule has 0 saturated carbocycles. The lowest BCUT2D eigenvalue weighted by Crippen LogP contribution is -2.44. The Labute approximate surface area is 119 Å². The molecule has 17 heavy (non-hydrogen) atoms. The van der Waals surface area contributed by atoms with Crippen molar-refractivity contribution in [3.05, 3.63) is 0 Å². The summed E-state index contributed by atoms with van der Waals surface area (Å²) in [5.41, 5.74) is 0.400. The molecule has 0 aliphatic heterocycles. The maximum atomic E-state index is 6.60. The summed E-state index contributed by atoms with van der Waals surface area (Å²) in [5.74, 6) is 0. The van der Waals surface area contributed by atoms with E-state index in [2.05, 4.69) is 54.6 Å². The maximum absolute atomic E-state index is 6.60. The summed E-state index contributed by atoms with van der Waals surface area (Å²) in [6.45, 7) is 17.3. The van der Waals surface area contributed by atoms with E-state index >= 15 is 0 Å². The molecule has 0 saturated heterocycles. The van der Waals surface area contributed by atoms with Crippen molar-refractivity contribution in [1.82, 2.24) is 0 Å². The lowest BCUT2D eigenvalue weighted by Gasteiger charge is -2.36. The lowest BCUT2D eigenvalue weighted by atomic mass is 10.0. The van der Waals surface area contributed by atoms with Gasteiger partial charge in [-0.3, -0.25) is 0 Å². The van der Waals surface area contributed by atoms with Crippen molar-refractivity contribution in [1.29, 1.82) is 0 Å². The molecule has 0 amide bonds. The van der Waals surface area contributed by atoms with E-state index in [-0.39, 0.29) is 10.8 Å². The molecular weight excluding hydrogens is 287 g/mol. The summed E-state index contributed by atoms with van der Waals surface area (Å²) < 4.78 is 6.19. The van der Waals surface area contributed by atoms with Crippen LogP contribution in [0.1, 0.15) is 41.5 Å². The third-order valence-electron chi connectivity index (χ3n) is 2.12. The topological polar surface area (TPSA) is 9.23 Å². The van der Waals surface area contributed by atoms with Crippen molar-refractivity contribution >= 4 is 37.4 Å². The summed E-state index contributed by atoms with van der Waals surface area (Å²) in [7, 11) is -4.34. The third-order valence-corrected chi connectivity index (χ3v) is 11.1. The molecule has 0 aliphatic rings. The molecule has 0 heterocycles. The highest BCUT2D eigenvalue weighted by Crippen LogP contribution is 2.38. The van der Waals surface area contributed by atoms with Crippen LogP contribution >= 0.6 is 22.2 Å². The van der Waals surface area contributed by atoms with Gasteiger partial charge in [-0.2, -0.15) is 0 Å². The number of hydrogen-bond donors (Lipinski definition) is 0. The molecule has 0 rings (SSSR count). The van der Waals surface area contributed by atoms with E-state index in [0.29, 0.717) is 0 Å². The monoisotopic (exact) mass is 314 g/mol. The third kappa shape index (κ3) is 10.6. The van der Waals surface area contributed by atoms with Crippen molar-refractivity contribution in [3.63, 3.8) is 0 Å². The largest absolute Gasteiger partial charge is 0.433 e. The molecule has 1 nitrogen and oxygen atoms in total. The molecule has 0 aliphatic carbocycles. The van der Waals surface area contributed by atoms with Crippen LogP contribution in [0.2, 0.25) is 25.2 Å². The number of hydrogen-bond acceptors (Lipinski definition) is 1. The van der Waals surface area contributed by atoms with Crippen LogP contribution in [-0.4, -0.2) is 15.3 Å². The van der Waals surface area contributed by atoms with Gasteiger partial charge in [0.15, 0.2) is 0 Å². The van der Waals surface area contributed by atoms with Gasteiger partial charge in [0.05, 0.1) is 0 Å². The highest BCUT2D eigenvalue weighted by molar-refractivity contribution is 7.25.